The normalized spacial score (nSPS) is 19.5. The van der Waals surface area contributed by atoms with Crippen molar-refractivity contribution in [2.75, 3.05) is 11.6 Å². The van der Waals surface area contributed by atoms with Crippen LogP contribution in [0.1, 0.15) is 20.3 Å². The number of sulfonamides is 1. The highest BCUT2D eigenvalue weighted by molar-refractivity contribution is 8.00. The summed E-state index contributed by atoms with van der Waals surface area (Å²) in [5, 5.41) is 2.87. The highest BCUT2D eigenvalue weighted by Crippen LogP contribution is 2.29. The van der Waals surface area contributed by atoms with Crippen molar-refractivity contribution in [3.8, 4) is 0 Å². The number of thioether (sulfide) groups is 1. The number of amides is 1. The van der Waals surface area contributed by atoms with Crippen molar-refractivity contribution in [2.24, 2.45) is 14.1 Å². The predicted molar refractivity (Wildman–Crippen MR) is 106 cm³/mol. The number of nitrogens with one attached hydrogen (secondary N) is 1. The Balaban J connectivity index is 1.98. The largest absolute Gasteiger partial charge is 0.352 e. The van der Waals surface area contributed by atoms with Gasteiger partial charge in [0.25, 0.3) is 0 Å². The van der Waals surface area contributed by atoms with Gasteiger partial charge in [0.05, 0.1) is 21.8 Å². The number of nitrogens with zero attached hydrogens (tertiary/aromatic N) is 3. The number of fused-ring (bicyclic) bond motifs is 1. The Kier molecular flexibility index (Phi) is 5.42. The monoisotopic (exact) mass is 412 g/mol. The number of rotatable bonds is 5. The number of hydrogen-bond donors (Lipinski definition) is 1. The molecule has 1 aliphatic heterocycles. The Bertz CT molecular complexity index is 1040. The average Bonchev–Trinajstić information content (AvgIpc) is 3.23. The molecule has 0 saturated carbocycles. The lowest BCUT2D eigenvalue weighted by Gasteiger charge is -2.24. The van der Waals surface area contributed by atoms with Crippen molar-refractivity contribution in [3.63, 3.8) is 0 Å². The lowest BCUT2D eigenvalue weighted by Crippen LogP contribution is -2.49. The van der Waals surface area contributed by atoms with E-state index in [-0.39, 0.29) is 28.4 Å². The van der Waals surface area contributed by atoms with Crippen LogP contribution in [0.25, 0.3) is 11.0 Å². The van der Waals surface area contributed by atoms with E-state index in [2.05, 4.69) is 5.32 Å². The Morgan fingerprint density at radius 2 is 1.96 bits per heavy atom. The quantitative estimate of drug-likeness (QED) is 0.786. The van der Waals surface area contributed by atoms with Crippen molar-refractivity contribution in [2.45, 2.75) is 37.2 Å². The number of carbonyl (C=O) groups excluding carboxylic acids is 1. The molecule has 1 aromatic carbocycles. The first-order valence-electron chi connectivity index (χ1n) is 8.74. The molecule has 10 heteroatoms. The molecule has 0 radical (unpaired) electrons. The highest BCUT2D eigenvalue weighted by Gasteiger charge is 2.40. The highest BCUT2D eigenvalue weighted by atomic mass is 32.2. The fraction of sp³-hybridized carbons (Fsp3) is 0.529. The van der Waals surface area contributed by atoms with E-state index in [0.29, 0.717) is 16.8 Å². The van der Waals surface area contributed by atoms with Gasteiger partial charge in [-0.15, -0.1) is 11.8 Å². The molecule has 3 rings (SSSR count). The summed E-state index contributed by atoms with van der Waals surface area (Å²) < 4.78 is 30.5. The average molecular weight is 413 g/mol. The van der Waals surface area contributed by atoms with Crippen LogP contribution in [-0.4, -0.2) is 51.5 Å². The summed E-state index contributed by atoms with van der Waals surface area (Å²) in [4.78, 5) is 24.7. The lowest BCUT2D eigenvalue weighted by atomic mass is 10.2. The van der Waals surface area contributed by atoms with Gasteiger partial charge >= 0.3 is 5.69 Å². The number of aromatic nitrogens is 2. The summed E-state index contributed by atoms with van der Waals surface area (Å²) in [5.74, 6) is 0.381. The van der Waals surface area contributed by atoms with Gasteiger partial charge in [-0.05, 0) is 31.5 Å². The van der Waals surface area contributed by atoms with Crippen LogP contribution in [-0.2, 0) is 28.9 Å². The van der Waals surface area contributed by atoms with Gasteiger partial charge in [0.1, 0.15) is 6.04 Å². The number of imidazole rings is 1. The Labute approximate surface area is 162 Å². The molecule has 2 unspecified atom stereocenters. The Hall–Kier alpha value is -1.78. The van der Waals surface area contributed by atoms with E-state index in [0.717, 1.165) is 6.42 Å². The molecule has 0 bridgehead atoms. The van der Waals surface area contributed by atoms with E-state index in [1.54, 1.807) is 20.2 Å². The molecule has 1 aliphatic rings. The molecule has 1 amide bonds. The maximum atomic E-state index is 13.2. The third-order valence-corrected chi connectivity index (χ3v) is 8.02. The summed E-state index contributed by atoms with van der Waals surface area (Å²) in [5.41, 5.74) is 0.974. The van der Waals surface area contributed by atoms with Gasteiger partial charge in [-0.3, -0.25) is 13.9 Å². The molecule has 1 fully saturated rings. The van der Waals surface area contributed by atoms with Crippen molar-refractivity contribution in [1.82, 2.24) is 18.8 Å². The van der Waals surface area contributed by atoms with Crippen LogP contribution in [0.15, 0.2) is 27.9 Å². The summed E-state index contributed by atoms with van der Waals surface area (Å²) in [6.45, 7) is 3.85. The molecular formula is C17H24N4O4S2. The lowest BCUT2D eigenvalue weighted by molar-refractivity contribution is -0.124. The van der Waals surface area contributed by atoms with Crippen molar-refractivity contribution < 1.29 is 13.2 Å². The second kappa shape index (κ2) is 7.33. The van der Waals surface area contributed by atoms with E-state index in [9.17, 15) is 18.0 Å². The topological polar surface area (TPSA) is 93.4 Å². The molecule has 2 aromatic rings. The molecule has 0 aliphatic carbocycles. The van der Waals surface area contributed by atoms with Crippen LogP contribution in [0.2, 0.25) is 0 Å². The third-order valence-electron chi connectivity index (χ3n) is 5.00. The van der Waals surface area contributed by atoms with Gasteiger partial charge in [0.2, 0.25) is 15.9 Å². The smallest absolute Gasteiger partial charge is 0.328 e. The maximum Gasteiger partial charge on any atom is 0.328 e. The minimum absolute atomic E-state index is 0.0113. The minimum Gasteiger partial charge on any atom is -0.352 e. The third kappa shape index (κ3) is 3.41. The molecule has 27 heavy (non-hydrogen) atoms. The van der Waals surface area contributed by atoms with E-state index in [1.807, 2.05) is 13.8 Å². The fourth-order valence-corrected chi connectivity index (χ4v) is 6.26. The Morgan fingerprint density at radius 1 is 1.30 bits per heavy atom. The maximum absolute atomic E-state index is 13.2. The van der Waals surface area contributed by atoms with Crippen LogP contribution < -0.4 is 11.0 Å². The van der Waals surface area contributed by atoms with Gasteiger partial charge in [-0.2, -0.15) is 4.31 Å². The van der Waals surface area contributed by atoms with Gasteiger partial charge in [-0.25, -0.2) is 13.2 Å². The zero-order valence-corrected chi connectivity index (χ0v) is 17.4. The molecule has 2 atom stereocenters. The predicted octanol–water partition coefficient (Wildman–Crippen LogP) is 0.855. The first-order chi connectivity index (χ1) is 12.7. The zero-order chi connectivity index (χ0) is 19.9. The molecule has 8 nitrogen and oxygen atoms in total. The van der Waals surface area contributed by atoms with Crippen LogP contribution in [0, 0.1) is 0 Å². The Morgan fingerprint density at radius 3 is 2.63 bits per heavy atom. The zero-order valence-electron chi connectivity index (χ0n) is 15.8. The summed E-state index contributed by atoms with van der Waals surface area (Å²) in [6.07, 6.45) is 0.775. The first-order valence-corrected chi connectivity index (χ1v) is 11.3. The van der Waals surface area contributed by atoms with E-state index in [1.165, 1.54) is 37.3 Å². The van der Waals surface area contributed by atoms with Crippen LogP contribution in [0.3, 0.4) is 0 Å². The molecule has 0 spiro atoms. The second-order valence-corrected chi connectivity index (χ2v) is 9.67. The molecule has 1 saturated heterocycles. The van der Waals surface area contributed by atoms with Crippen LogP contribution in [0.5, 0.6) is 0 Å². The SMILES string of the molecule is CCC(C)NC(=O)C1CSCN1S(=O)(=O)c1ccc2c(c1)n(C)c(=O)n2C. The molecule has 2 heterocycles. The molecule has 148 valence electrons. The van der Waals surface area contributed by atoms with Crippen LogP contribution in [0.4, 0.5) is 0 Å². The summed E-state index contributed by atoms with van der Waals surface area (Å²) >= 11 is 1.41. The summed E-state index contributed by atoms with van der Waals surface area (Å²) in [6, 6.07) is 3.87. The molecular weight excluding hydrogens is 388 g/mol. The van der Waals surface area contributed by atoms with Crippen molar-refractivity contribution >= 4 is 38.7 Å². The molecule has 1 N–H and O–H groups in total. The number of carbonyl (C=O) groups is 1. The van der Waals surface area contributed by atoms with Crippen molar-refractivity contribution in [3.05, 3.63) is 28.7 Å². The number of hydrogen-bond acceptors (Lipinski definition) is 5. The second-order valence-electron chi connectivity index (χ2n) is 6.78. The van der Waals surface area contributed by atoms with E-state index >= 15 is 0 Å². The summed E-state index contributed by atoms with van der Waals surface area (Å²) in [7, 11) is -0.610. The van der Waals surface area contributed by atoms with Crippen LogP contribution >= 0.6 is 11.8 Å². The first kappa shape index (κ1) is 20.0. The van der Waals surface area contributed by atoms with Gasteiger partial charge in [0.15, 0.2) is 0 Å². The molecule has 1 aromatic heterocycles. The van der Waals surface area contributed by atoms with Gasteiger partial charge in [-0.1, -0.05) is 6.92 Å². The van der Waals surface area contributed by atoms with E-state index < -0.39 is 16.1 Å². The van der Waals surface area contributed by atoms with E-state index in [4.69, 9.17) is 0 Å². The van der Waals surface area contributed by atoms with Crippen molar-refractivity contribution in [1.29, 1.82) is 0 Å². The van der Waals surface area contributed by atoms with Gasteiger partial charge < -0.3 is 5.32 Å². The standard InChI is InChI=1S/C17H24N4O4S2/c1-5-11(2)18-16(22)15-9-26-10-21(15)27(24,25)12-6-7-13-14(8-12)20(4)17(23)19(13)3/h6-8,11,15H,5,9-10H2,1-4H3,(H,18,22). The number of aryl methyl sites for hydroxylation is 2. The number of benzene rings is 1. The fourth-order valence-electron chi connectivity index (χ4n) is 3.09. The minimum atomic E-state index is -3.86. The van der Waals surface area contributed by atoms with Gasteiger partial charge in [0, 0.05) is 25.9 Å².